The smallest absolute Gasteiger partial charge is 0.270 e. The van der Waals surface area contributed by atoms with Gasteiger partial charge in [-0.2, -0.15) is 0 Å². The Morgan fingerprint density at radius 1 is 1.17 bits per heavy atom. The Labute approximate surface area is 133 Å². The zero-order chi connectivity index (χ0) is 17.0. The summed E-state index contributed by atoms with van der Waals surface area (Å²) in [6.45, 7) is 6.16. The number of rotatable bonds is 5. The summed E-state index contributed by atoms with van der Waals surface area (Å²) in [7, 11) is 0. The van der Waals surface area contributed by atoms with Crippen molar-refractivity contribution >= 4 is 17.4 Å². The van der Waals surface area contributed by atoms with Crippen LogP contribution in [-0.4, -0.2) is 22.4 Å². The number of amides is 1. The monoisotopic (exact) mass is 320 g/mol. The highest BCUT2D eigenvalue weighted by Crippen LogP contribution is 2.18. The van der Waals surface area contributed by atoms with Gasteiger partial charge in [0.2, 0.25) is 0 Å². The predicted octanol–water partition coefficient (Wildman–Crippen LogP) is 3.19. The van der Waals surface area contributed by atoms with Crippen molar-refractivity contribution in [2.24, 2.45) is 5.92 Å². The maximum Gasteiger partial charge on any atom is 0.270 e. The van der Waals surface area contributed by atoms with Crippen LogP contribution in [0.3, 0.4) is 0 Å². The lowest BCUT2D eigenvalue weighted by molar-refractivity contribution is 0.0943. The minimum Gasteiger partial charge on any atom is -0.350 e. The molecule has 0 spiro atoms. The number of aryl methyl sites for hydroxylation is 1. The van der Waals surface area contributed by atoms with Gasteiger partial charge in [0.1, 0.15) is 17.3 Å². The lowest BCUT2D eigenvalue weighted by Crippen LogP contribution is -2.28. The fourth-order valence-electron chi connectivity index (χ4n) is 1.86. The van der Waals surface area contributed by atoms with Gasteiger partial charge in [-0.1, -0.05) is 13.8 Å². The van der Waals surface area contributed by atoms with E-state index in [1.807, 2.05) is 13.8 Å². The van der Waals surface area contributed by atoms with Gasteiger partial charge in [0.05, 0.1) is 0 Å². The number of nitrogens with one attached hydrogen (secondary N) is 2. The van der Waals surface area contributed by atoms with Gasteiger partial charge in [-0.15, -0.1) is 0 Å². The Morgan fingerprint density at radius 3 is 2.57 bits per heavy atom. The molecule has 2 aromatic rings. The Bertz CT molecular complexity index is 719. The molecule has 2 rings (SSSR count). The number of carbonyl (C=O) groups excluding carboxylic acids is 1. The summed E-state index contributed by atoms with van der Waals surface area (Å²) in [5.41, 5.74) is 0.541. The van der Waals surface area contributed by atoms with Crippen LogP contribution in [0.15, 0.2) is 24.3 Å². The number of carbonyl (C=O) groups is 1. The molecule has 1 aromatic heterocycles. The fraction of sp³-hybridized carbons (Fsp3) is 0.312. The zero-order valence-corrected chi connectivity index (χ0v) is 13.2. The molecule has 0 unspecified atom stereocenters. The Kier molecular flexibility index (Phi) is 5.20. The van der Waals surface area contributed by atoms with Gasteiger partial charge >= 0.3 is 0 Å². The number of benzene rings is 1. The number of anilines is 2. The molecule has 1 heterocycles. The summed E-state index contributed by atoms with van der Waals surface area (Å²) < 4.78 is 26.2. The van der Waals surface area contributed by atoms with Crippen LogP contribution >= 0.6 is 0 Å². The highest BCUT2D eigenvalue weighted by atomic mass is 19.2. The topological polar surface area (TPSA) is 66.9 Å². The molecule has 0 atom stereocenters. The third kappa shape index (κ3) is 4.70. The quantitative estimate of drug-likeness (QED) is 0.888. The molecular weight excluding hydrogens is 302 g/mol. The van der Waals surface area contributed by atoms with Crippen LogP contribution < -0.4 is 10.6 Å². The van der Waals surface area contributed by atoms with Crippen LogP contribution in [0.25, 0.3) is 0 Å². The van der Waals surface area contributed by atoms with Crippen molar-refractivity contribution in [2.75, 3.05) is 11.9 Å². The average Bonchev–Trinajstić information content (AvgIpc) is 2.48. The van der Waals surface area contributed by atoms with E-state index >= 15 is 0 Å². The first-order valence-corrected chi connectivity index (χ1v) is 7.21. The summed E-state index contributed by atoms with van der Waals surface area (Å²) in [5, 5.41) is 5.60. The number of hydrogen-bond donors (Lipinski definition) is 2. The van der Waals surface area contributed by atoms with Gasteiger partial charge in [-0.3, -0.25) is 4.79 Å². The summed E-state index contributed by atoms with van der Waals surface area (Å²) in [4.78, 5) is 20.3. The second-order valence-electron chi connectivity index (χ2n) is 5.54. The maximum atomic E-state index is 13.2. The van der Waals surface area contributed by atoms with Crippen molar-refractivity contribution in [3.05, 3.63) is 47.4 Å². The molecule has 2 N–H and O–H groups in total. The van der Waals surface area contributed by atoms with E-state index in [-0.39, 0.29) is 11.6 Å². The first-order chi connectivity index (χ1) is 10.8. The van der Waals surface area contributed by atoms with Crippen molar-refractivity contribution in [3.63, 3.8) is 0 Å². The van der Waals surface area contributed by atoms with E-state index < -0.39 is 11.6 Å². The van der Waals surface area contributed by atoms with Gasteiger partial charge in [0.25, 0.3) is 5.91 Å². The first-order valence-electron chi connectivity index (χ1n) is 7.21. The van der Waals surface area contributed by atoms with E-state index in [1.165, 1.54) is 12.1 Å². The molecule has 1 aromatic carbocycles. The summed E-state index contributed by atoms with van der Waals surface area (Å²) in [5.74, 6) is -1.15. The number of nitrogens with zero attached hydrogens (tertiary/aromatic N) is 2. The fourth-order valence-corrected chi connectivity index (χ4v) is 1.86. The molecule has 0 radical (unpaired) electrons. The van der Waals surface area contributed by atoms with E-state index in [1.54, 1.807) is 6.92 Å². The molecule has 0 saturated heterocycles. The molecule has 0 fully saturated rings. The molecule has 0 bridgehead atoms. The van der Waals surface area contributed by atoms with Crippen LogP contribution in [0.2, 0.25) is 0 Å². The highest BCUT2D eigenvalue weighted by Gasteiger charge is 2.11. The number of halogens is 2. The number of hydrogen-bond acceptors (Lipinski definition) is 4. The standard InChI is InChI=1S/C16H18F2N4O/c1-9(2)8-19-16(23)14-7-15(21-10(3)20-14)22-11-4-5-12(17)13(18)6-11/h4-7,9H,8H2,1-3H3,(H,19,23)(H,20,21,22). The van der Waals surface area contributed by atoms with E-state index in [0.29, 0.717) is 29.8 Å². The number of aromatic nitrogens is 2. The van der Waals surface area contributed by atoms with Crippen LogP contribution in [0, 0.1) is 24.5 Å². The Balaban J connectivity index is 2.19. The molecule has 122 valence electrons. The van der Waals surface area contributed by atoms with E-state index in [4.69, 9.17) is 0 Å². The van der Waals surface area contributed by atoms with Crippen molar-refractivity contribution in [2.45, 2.75) is 20.8 Å². The molecule has 23 heavy (non-hydrogen) atoms. The predicted molar refractivity (Wildman–Crippen MR) is 83.6 cm³/mol. The third-order valence-electron chi connectivity index (χ3n) is 2.93. The van der Waals surface area contributed by atoms with Gasteiger partial charge in [-0.25, -0.2) is 18.7 Å². The molecule has 5 nitrogen and oxygen atoms in total. The Hall–Kier alpha value is -2.57. The molecular formula is C16H18F2N4O. The van der Waals surface area contributed by atoms with E-state index in [9.17, 15) is 13.6 Å². The van der Waals surface area contributed by atoms with Gasteiger partial charge in [-0.05, 0) is 25.0 Å². The molecule has 7 heteroatoms. The second-order valence-corrected chi connectivity index (χ2v) is 5.54. The van der Waals surface area contributed by atoms with Crippen LogP contribution in [0.5, 0.6) is 0 Å². The molecule has 1 amide bonds. The summed E-state index contributed by atoms with van der Waals surface area (Å²) in [6.07, 6.45) is 0. The molecule has 0 saturated carbocycles. The normalized spacial score (nSPS) is 10.7. The molecule has 0 aliphatic heterocycles. The second kappa shape index (κ2) is 7.13. The zero-order valence-electron chi connectivity index (χ0n) is 13.2. The maximum absolute atomic E-state index is 13.2. The van der Waals surface area contributed by atoms with Gasteiger partial charge in [0, 0.05) is 24.4 Å². The van der Waals surface area contributed by atoms with E-state index in [0.717, 1.165) is 12.1 Å². The van der Waals surface area contributed by atoms with E-state index in [2.05, 4.69) is 20.6 Å². The van der Waals surface area contributed by atoms with Crippen LogP contribution in [0.1, 0.15) is 30.2 Å². The van der Waals surface area contributed by atoms with Crippen molar-refractivity contribution in [1.82, 2.24) is 15.3 Å². The lowest BCUT2D eigenvalue weighted by Gasteiger charge is -2.10. The summed E-state index contributed by atoms with van der Waals surface area (Å²) >= 11 is 0. The first kappa shape index (κ1) is 16.8. The summed E-state index contributed by atoms with van der Waals surface area (Å²) in [6, 6.07) is 4.88. The Morgan fingerprint density at radius 2 is 1.91 bits per heavy atom. The van der Waals surface area contributed by atoms with Crippen molar-refractivity contribution in [3.8, 4) is 0 Å². The van der Waals surface area contributed by atoms with Crippen LogP contribution in [-0.2, 0) is 0 Å². The van der Waals surface area contributed by atoms with Crippen LogP contribution in [0.4, 0.5) is 20.3 Å². The minimum atomic E-state index is -0.962. The van der Waals surface area contributed by atoms with Crippen molar-refractivity contribution in [1.29, 1.82) is 0 Å². The van der Waals surface area contributed by atoms with Gasteiger partial charge in [0.15, 0.2) is 11.6 Å². The minimum absolute atomic E-state index is 0.211. The highest BCUT2D eigenvalue weighted by molar-refractivity contribution is 5.93. The third-order valence-corrected chi connectivity index (χ3v) is 2.93. The van der Waals surface area contributed by atoms with Crippen molar-refractivity contribution < 1.29 is 13.6 Å². The molecule has 0 aliphatic carbocycles. The molecule has 0 aliphatic rings. The SMILES string of the molecule is Cc1nc(Nc2ccc(F)c(F)c2)cc(C(=O)NCC(C)C)n1. The lowest BCUT2D eigenvalue weighted by atomic mass is 10.2. The van der Waals surface area contributed by atoms with Gasteiger partial charge < -0.3 is 10.6 Å². The largest absolute Gasteiger partial charge is 0.350 e. The average molecular weight is 320 g/mol.